The summed E-state index contributed by atoms with van der Waals surface area (Å²) in [7, 11) is 0. The number of hydrogen-bond acceptors (Lipinski definition) is 5. The highest BCUT2D eigenvalue weighted by Gasteiger charge is 2.28. The number of benzene rings is 6. The molecule has 2 atom stereocenters. The number of allylic oxidation sites excluding steroid dienone is 3. The van der Waals surface area contributed by atoms with Crippen LogP contribution in [0.5, 0.6) is 0 Å². The summed E-state index contributed by atoms with van der Waals surface area (Å²) in [6, 6.07) is 48.5. The molecular weight excluding hydrogens is 637 g/mol. The van der Waals surface area contributed by atoms with Crippen LogP contribution in [0.15, 0.2) is 178 Å². The summed E-state index contributed by atoms with van der Waals surface area (Å²) in [5.74, 6) is 1.79. The summed E-state index contributed by atoms with van der Waals surface area (Å²) >= 11 is 0. The maximum absolute atomic E-state index is 6.80. The van der Waals surface area contributed by atoms with E-state index in [0.717, 1.165) is 78.9 Å². The maximum atomic E-state index is 6.80. The Balaban J connectivity index is 1.12. The van der Waals surface area contributed by atoms with E-state index in [0.29, 0.717) is 0 Å². The van der Waals surface area contributed by atoms with Gasteiger partial charge in [0.1, 0.15) is 23.3 Å². The molecule has 10 rings (SSSR count). The number of pyridine rings is 1. The highest BCUT2D eigenvalue weighted by atomic mass is 16.3. The van der Waals surface area contributed by atoms with Gasteiger partial charge in [0.25, 0.3) is 0 Å². The van der Waals surface area contributed by atoms with Gasteiger partial charge in [-0.25, -0.2) is 9.98 Å². The van der Waals surface area contributed by atoms with Crippen molar-refractivity contribution in [3.8, 4) is 11.3 Å². The molecule has 8 aromatic rings. The first kappa shape index (κ1) is 30.3. The first-order chi connectivity index (χ1) is 25.7. The van der Waals surface area contributed by atoms with Crippen LogP contribution in [0.1, 0.15) is 36.2 Å². The standard InChI is InChI=1S/C47H34N4O/c1-29-24-37(47-50-45(31-13-4-2-5-14-31)49-46(51-47)32-15-6-3-7-16-32)22-23-38(29)40-28-48-43(36-21-20-30-12-8-9-17-33(30)25-36)44-42(40)39-26-34-18-10-11-19-35(34)27-41(39)52-44/h2-23,25-29,45H,24H2,1H3,(H,49,50,51). The van der Waals surface area contributed by atoms with E-state index in [1.165, 1.54) is 21.7 Å². The third kappa shape index (κ3) is 5.21. The van der Waals surface area contributed by atoms with Crippen molar-refractivity contribution in [2.24, 2.45) is 15.9 Å². The van der Waals surface area contributed by atoms with Gasteiger partial charge in [-0.15, -0.1) is 0 Å². The van der Waals surface area contributed by atoms with Crippen LogP contribution < -0.4 is 5.32 Å². The van der Waals surface area contributed by atoms with Crippen LogP contribution >= 0.6 is 0 Å². The molecule has 2 aromatic heterocycles. The molecule has 5 heteroatoms. The Kier molecular flexibility index (Phi) is 7.17. The maximum Gasteiger partial charge on any atom is 0.162 e. The fraction of sp³-hybridized carbons (Fsp3) is 0.0851. The van der Waals surface area contributed by atoms with Crippen molar-refractivity contribution in [3.05, 3.63) is 180 Å². The lowest BCUT2D eigenvalue weighted by Crippen LogP contribution is -2.35. The van der Waals surface area contributed by atoms with Crippen LogP contribution in [-0.2, 0) is 0 Å². The van der Waals surface area contributed by atoms with Crippen molar-refractivity contribution in [2.45, 2.75) is 19.5 Å². The molecule has 2 aliphatic rings. The van der Waals surface area contributed by atoms with Crippen LogP contribution in [0.4, 0.5) is 0 Å². The number of furan rings is 1. The third-order valence-corrected chi connectivity index (χ3v) is 10.4. The Hall–Kier alpha value is -6.59. The normalized spacial score (nSPS) is 17.5. The van der Waals surface area contributed by atoms with Crippen molar-refractivity contribution in [1.29, 1.82) is 0 Å². The average molecular weight is 671 g/mol. The summed E-state index contributed by atoms with van der Waals surface area (Å²) < 4.78 is 6.80. The van der Waals surface area contributed by atoms with Gasteiger partial charge >= 0.3 is 0 Å². The fourth-order valence-electron chi connectivity index (χ4n) is 7.76. The van der Waals surface area contributed by atoms with E-state index in [1.807, 2.05) is 24.3 Å². The molecule has 52 heavy (non-hydrogen) atoms. The minimum atomic E-state index is -0.232. The number of aliphatic imine (C=N–C) groups is 2. The lowest BCUT2D eigenvalue weighted by atomic mass is 9.83. The van der Waals surface area contributed by atoms with Gasteiger partial charge in [0.05, 0.1) is 0 Å². The fourth-order valence-corrected chi connectivity index (χ4v) is 7.76. The Morgan fingerprint density at radius 3 is 2.13 bits per heavy atom. The second kappa shape index (κ2) is 12.3. The Labute approximate surface area is 301 Å². The quantitative estimate of drug-likeness (QED) is 0.198. The molecule has 2 unspecified atom stereocenters. The van der Waals surface area contributed by atoms with Gasteiger partial charge in [-0.05, 0) is 68.8 Å². The molecule has 6 aromatic carbocycles. The molecule has 0 bridgehead atoms. The molecule has 248 valence electrons. The van der Waals surface area contributed by atoms with E-state index < -0.39 is 0 Å². The number of rotatable bonds is 5. The highest BCUT2D eigenvalue weighted by molar-refractivity contribution is 6.17. The van der Waals surface area contributed by atoms with Crippen LogP contribution in [0.3, 0.4) is 0 Å². The predicted octanol–water partition coefficient (Wildman–Crippen LogP) is 11.5. The van der Waals surface area contributed by atoms with Crippen molar-refractivity contribution in [3.63, 3.8) is 0 Å². The third-order valence-electron chi connectivity index (χ3n) is 10.4. The van der Waals surface area contributed by atoms with Crippen molar-refractivity contribution < 1.29 is 4.42 Å². The monoisotopic (exact) mass is 670 g/mol. The van der Waals surface area contributed by atoms with E-state index in [1.54, 1.807) is 0 Å². The van der Waals surface area contributed by atoms with Crippen LogP contribution in [0.25, 0.3) is 60.3 Å². The summed E-state index contributed by atoms with van der Waals surface area (Å²) in [6.45, 7) is 2.30. The van der Waals surface area contributed by atoms with Crippen LogP contribution in [0, 0.1) is 5.92 Å². The molecule has 0 spiro atoms. The first-order valence-corrected chi connectivity index (χ1v) is 17.8. The molecule has 0 saturated heterocycles. The van der Waals surface area contributed by atoms with Gasteiger partial charge in [0, 0.05) is 33.7 Å². The largest absolute Gasteiger partial charge is 0.454 e. The molecule has 0 amide bonds. The second-order valence-corrected chi connectivity index (χ2v) is 13.7. The topological polar surface area (TPSA) is 62.8 Å². The lowest BCUT2D eigenvalue weighted by Gasteiger charge is -2.28. The number of fused-ring (bicyclic) bond motifs is 5. The number of nitrogens with zero attached hydrogens (tertiary/aromatic N) is 3. The van der Waals surface area contributed by atoms with Crippen molar-refractivity contribution in [1.82, 2.24) is 10.3 Å². The lowest BCUT2D eigenvalue weighted by molar-refractivity contribution is 0.662. The van der Waals surface area contributed by atoms with E-state index >= 15 is 0 Å². The summed E-state index contributed by atoms with van der Waals surface area (Å²) in [6.07, 6.45) is 7.11. The highest BCUT2D eigenvalue weighted by Crippen LogP contribution is 2.44. The van der Waals surface area contributed by atoms with E-state index in [-0.39, 0.29) is 12.1 Å². The van der Waals surface area contributed by atoms with Gasteiger partial charge in [0.15, 0.2) is 11.4 Å². The van der Waals surface area contributed by atoms with Crippen molar-refractivity contribution >= 4 is 60.7 Å². The molecule has 1 N–H and O–H groups in total. The predicted molar refractivity (Wildman–Crippen MR) is 215 cm³/mol. The minimum Gasteiger partial charge on any atom is -0.454 e. The molecule has 1 aliphatic heterocycles. The molecule has 0 radical (unpaired) electrons. The Morgan fingerprint density at radius 2 is 1.37 bits per heavy atom. The zero-order chi connectivity index (χ0) is 34.6. The molecule has 0 fully saturated rings. The van der Waals surface area contributed by atoms with Crippen LogP contribution in [0.2, 0.25) is 0 Å². The number of amidine groups is 2. The minimum absolute atomic E-state index is 0.195. The second-order valence-electron chi connectivity index (χ2n) is 13.7. The zero-order valence-electron chi connectivity index (χ0n) is 28.6. The summed E-state index contributed by atoms with van der Waals surface area (Å²) in [4.78, 5) is 15.3. The van der Waals surface area contributed by atoms with Crippen LogP contribution in [-0.4, -0.2) is 16.7 Å². The smallest absolute Gasteiger partial charge is 0.162 e. The summed E-state index contributed by atoms with van der Waals surface area (Å²) in [5, 5.41) is 10.6. The molecule has 5 nitrogen and oxygen atoms in total. The molecule has 3 heterocycles. The summed E-state index contributed by atoms with van der Waals surface area (Å²) in [5.41, 5.74) is 9.16. The molecule has 0 saturated carbocycles. The van der Waals surface area contributed by atoms with E-state index in [9.17, 15) is 0 Å². The average Bonchev–Trinajstić information content (AvgIpc) is 3.58. The number of aromatic nitrogens is 1. The van der Waals surface area contributed by atoms with Crippen molar-refractivity contribution in [2.75, 3.05) is 0 Å². The number of hydrogen-bond donors (Lipinski definition) is 1. The van der Waals surface area contributed by atoms with E-state index in [2.05, 4.69) is 146 Å². The van der Waals surface area contributed by atoms with Gasteiger partial charge in [-0.3, -0.25) is 4.98 Å². The first-order valence-electron chi connectivity index (χ1n) is 17.8. The Bertz CT molecular complexity index is 2810. The van der Waals surface area contributed by atoms with E-state index in [4.69, 9.17) is 19.4 Å². The molecular formula is C47H34N4O. The SMILES string of the molecule is CC1CC(C2=NC(c3ccccc3)=NC(c3ccccc3)N2)=CC=C1c1cnc(-c2ccc3ccccc3c2)c2oc3cc4ccccc4cc3c12. The number of nitrogens with one attached hydrogen (secondary N) is 1. The van der Waals surface area contributed by atoms with Gasteiger partial charge in [0.2, 0.25) is 0 Å². The van der Waals surface area contributed by atoms with Gasteiger partial charge in [-0.2, -0.15) is 0 Å². The van der Waals surface area contributed by atoms with Gasteiger partial charge < -0.3 is 9.73 Å². The molecule has 1 aliphatic carbocycles. The van der Waals surface area contributed by atoms with Gasteiger partial charge in [-0.1, -0.05) is 140 Å². The Morgan fingerprint density at radius 1 is 0.673 bits per heavy atom. The zero-order valence-corrected chi connectivity index (χ0v) is 28.6.